The Hall–Kier alpha value is -1.29. The van der Waals surface area contributed by atoms with Gasteiger partial charge in [0.05, 0.1) is 5.56 Å². The van der Waals surface area contributed by atoms with Gasteiger partial charge in [-0.1, -0.05) is 18.2 Å². The maximum absolute atomic E-state index is 12.5. The Balaban J connectivity index is 2.32. The van der Waals surface area contributed by atoms with Crippen LogP contribution in [0.15, 0.2) is 30.3 Å². The largest absolute Gasteiger partial charge is 0.416 e. The van der Waals surface area contributed by atoms with Gasteiger partial charge in [-0.2, -0.15) is 13.2 Å². The summed E-state index contributed by atoms with van der Waals surface area (Å²) in [5.41, 5.74) is 1.03. The first kappa shape index (κ1) is 11.2. The Morgan fingerprint density at radius 2 is 2.00 bits per heavy atom. The third-order valence-corrected chi connectivity index (χ3v) is 2.57. The van der Waals surface area contributed by atoms with Gasteiger partial charge >= 0.3 is 6.18 Å². The van der Waals surface area contributed by atoms with Crippen molar-refractivity contribution in [1.82, 2.24) is 5.32 Å². The van der Waals surface area contributed by atoms with E-state index in [4.69, 9.17) is 0 Å². The zero-order valence-corrected chi connectivity index (χ0v) is 8.59. The summed E-state index contributed by atoms with van der Waals surface area (Å²) in [6.07, 6.45) is -1.66. The molecule has 0 fully saturated rings. The van der Waals surface area contributed by atoms with Gasteiger partial charge in [-0.15, -0.1) is 0 Å². The number of alkyl halides is 3. The van der Waals surface area contributed by atoms with E-state index in [1.165, 1.54) is 12.1 Å². The summed E-state index contributed by atoms with van der Waals surface area (Å²) < 4.78 is 37.5. The van der Waals surface area contributed by atoms with Crippen LogP contribution in [-0.4, -0.2) is 13.1 Å². The van der Waals surface area contributed by atoms with Crippen molar-refractivity contribution in [3.63, 3.8) is 0 Å². The molecule has 0 amide bonds. The van der Waals surface area contributed by atoms with Gasteiger partial charge in [-0.05, 0) is 29.7 Å². The minimum atomic E-state index is -4.27. The average molecular weight is 226 g/mol. The molecule has 2 rings (SSSR count). The first-order valence-corrected chi connectivity index (χ1v) is 5.07. The Morgan fingerprint density at radius 3 is 2.62 bits per heavy atom. The summed E-state index contributed by atoms with van der Waals surface area (Å²) in [6, 6.07) is 5.46. The Kier molecular flexibility index (Phi) is 3.01. The molecule has 85 valence electrons. The van der Waals surface area contributed by atoms with Crippen LogP contribution in [0.3, 0.4) is 0 Å². The lowest BCUT2D eigenvalue weighted by atomic mass is 9.98. The molecule has 0 unspecified atom stereocenters. The summed E-state index contributed by atoms with van der Waals surface area (Å²) >= 11 is 0. The molecule has 4 heteroatoms. The van der Waals surface area contributed by atoms with Crippen LogP contribution in [0.25, 0.3) is 5.57 Å². The van der Waals surface area contributed by atoms with Crippen LogP contribution in [0.2, 0.25) is 0 Å². The molecule has 16 heavy (non-hydrogen) atoms. The second kappa shape index (κ2) is 4.29. The average Bonchev–Trinajstić information content (AvgIpc) is 2.29. The van der Waals surface area contributed by atoms with Crippen molar-refractivity contribution in [3.05, 3.63) is 41.5 Å². The number of rotatable bonds is 1. The van der Waals surface area contributed by atoms with Gasteiger partial charge in [0.15, 0.2) is 0 Å². The molecule has 0 spiro atoms. The van der Waals surface area contributed by atoms with Gasteiger partial charge in [0.2, 0.25) is 0 Å². The molecule has 1 nitrogen and oxygen atoms in total. The smallest absolute Gasteiger partial charge is 0.237 e. The normalized spacial score (nSPS) is 17.1. The summed E-state index contributed by atoms with van der Waals surface area (Å²) in [5.74, 6) is 0. The molecule has 0 saturated carbocycles. The minimum Gasteiger partial charge on any atom is -0.237 e. The summed E-state index contributed by atoms with van der Waals surface area (Å²) in [5, 5.41) is 4.13. The third-order valence-electron chi connectivity index (χ3n) is 2.57. The van der Waals surface area contributed by atoms with E-state index in [2.05, 4.69) is 5.32 Å². The van der Waals surface area contributed by atoms with Crippen molar-refractivity contribution in [1.29, 1.82) is 0 Å². The van der Waals surface area contributed by atoms with Crippen LogP contribution in [0.4, 0.5) is 13.2 Å². The Bertz CT molecular complexity index is 407. The highest BCUT2D eigenvalue weighted by molar-refractivity contribution is 5.67. The van der Waals surface area contributed by atoms with Crippen molar-refractivity contribution in [3.8, 4) is 0 Å². The van der Waals surface area contributed by atoms with Gasteiger partial charge in [0.1, 0.15) is 0 Å². The van der Waals surface area contributed by atoms with Crippen LogP contribution in [0, 0.1) is 0 Å². The van der Waals surface area contributed by atoms with Crippen LogP contribution in [-0.2, 0) is 6.18 Å². The number of hydrogen-bond donors (Lipinski definition) is 0. The van der Waals surface area contributed by atoms with Crippen molar-refractivity contribution in [2.24, 2.45) is 0 Å². The molecule has 0 N–H and O–H groups in total. The van der Waals surface area contributed by atoms with Crippen LogP contribution >= 0.6 is 0 Å². The summed E-state index contributed by atoms with van der Waals surface area (Å²) in [7, 11) is 0. The summed E-state index contributed by atoms with van der Waals surface area (Å²) in [6.45, 7) is 1.30. The topological polar surface area (TPSA) is 14.1 Å². The first-order valence-electron chi connectivity index (χ1n) is 5.07. The van der Waals surface area contributed by atoms with E-state index in [0.29, 0.717) is 18.7 Å². The van der Waals surface area contributed by atoms with E-state index in [1.807, 2.05) is 6.08 Å². The summed E-state index contributed by atoms with van der Waals surface area (Å²) in [4.78, 5) is 0. The molecule has 0 aliphatic carbocycles. The van der Waals surface area contributed by atoms with Crippen molar-refractivity contribution in [2.75, 3.05) is 13.1 Å². The Labute approximate surface area is 92.0 Å². The van der Waals surface area contributed by atoms with Crippen LogP contribution in [0.5, 0.6) is 0 Å². The van der Waals surface area contributed by atoms with Gasteiger partial charge < -0.3 is 0 Å². The van der Waals surface area contributed by atoms with E-state index >= 15 is 0 Å². The SMILES string of the molecule is FC(F)(F)c1cccc(C2=CC[N]CC2)c1. The molecule has 1 aliphatic rings. The number of benzene rings is 1. The monoisotopic (exact) mass is 226 g/mol. The quantitative estimate of drug-likeness (QED) is 0.698. The molecular weight excluding hydrogens is 215 g/mol. The fraction of sp³-hybridized carbons (Fsp3) is 0.333. The predicted octanol–water partition coefficient (Wildman–Crippen LogP) is 3.10. The van der Waals surface area contributed by atoms with Gasteiger partial charge in [0.25, 0.3) is 0 Å². The molecule has 1 heterocycles. The van der Waals surface area contributed by atoms with Crippen molar-refractivity contribution in [2.45, 2.75) is 12.6 Å². The molecular formula is C12H11F3N. The molecule has 1 aliphatic heterocycles. The maximum Gasteiger partial charge on any atom is 0.416 e. The second-order valence-electron chi connectivity index (χ2n) is 3.69. The number of nitrogens with zero attached hydrogens (tertiary/aromatic N) is 1. The highest BCUT2D eigenvalue weighted by Crippen LogP contribution is 2.31. The number of hydrogen-bond acceptors (Lipinski definition) is 0. The Morgan fingerprint density at radius 1 is 1.19 bits per heavy atom. The lowest BCUT2D eigenvalue weighted by molar-refractivity contribution is -0.137. The molecule has 0 saturated heterocycles. The molecule has 1 radical (unpaired) electrons. The molecule has 1 aromatic rings. The molecule has 0 bridgehead atoms. The minimum absolute atomic E-state index is 0.589. The standard InChI is InChI=1S/C12H11F3N/c13-12(14,15)11-3-1-2-10(8-11)9-4-6-16-7-5-9/h1-4,8H,5-7H2. The van der Waals surface area contributed by atoms with Crippen LogP contribution in [0.1, 0.15) is 17.5 Å². The van der Waals surface area contributed by atoms with Gasteiger partial charge in [-0.3, -0.25) is 0 Å². The van der Waals surface area contributed by atoms with E-state index in [-0.39, 0.29) is 0 Å². The maximum atomic E-state index is 12.5. The highest BCUT2D eigenvalue weighted by Gasteiger charge is 2.30. The highest BCUT2D eigenvalue weighted by atomic mass is 19.4. The zero-order chi connectivity index (χ0) is 11.6. The predicted molar refractivity (Wildman–Crippen MR) is 55.9 cm³/mol. The second-order valence-corrected chi connectivity index (χ2v) is 3.69. The van der Waals surface area contributed by atoms with E-state index in [9.17, 15) is 13.2 Å². The molecule has 0 aromatic heterocycles. The fourth-order valence-electron chi connectivity index (χ4n) is 1.73. The van der Waals surface area contributed by atoms with Crippen molar-refractivity contribution >= 4 is 5.57 Å². The lowest BCUT2D eigenvalue weighted by Gasteiger charge is -2.14. The molecule has 1 aromatic carbocycles. The molecule has 0 atom stereocenters. The van der Waals surface area contributed by atoms with Crippen LogP contribution < -0.4 is 5.32 Å². The first-order chi connectivity index (χ1) is 7.57. The van der Waals surface area contributed by atoms with Gasteiger partial charge in [-0.25, -0.2) is 5.32 Å². The zero-order valence-electron chi connectivity index (χ0n) is 8.59. The lowest BCUT2D eigenvalue weighted by Crippen LogP contribution is -2.13. The van der Waals surface area contributed by atoms with E-state index < -0.39 is 11.7 Å². The van der Waals surface area contributed by atoms with E-state index in [1.54, 1.807) is 6.07 Å². The van der Waals surface area contributed by atoms with Crippen molar-refractivity contribution < 1.29 is 13.2 Å². The van der Waals surface area contributed by atoms with Gasteiger partial charge in [0, 0.05) is 13.1 Å². The fourth-order valence-corrected chi connectivity index (χ4v) is 1.73. The van der Waals surface area contributed by atoms with E-state index in [0.717, 1.165) is 18.1 Å². The number of halogens is 3. The third kappa shape index (κ3) is 2.44.